The molecule has 0 N–H and O–H groups in total. The molecule has 146 valence electrons. The highest BCUT2D eigenvalue weighted by Gasteiger charge is 2.30. The Morgan fingerprint density at radius 1 is 1.22 bits per heavy atom. The van der Waals surface area contributed by atoms with E-state index in [1.165, 1.54) is 12.8 Å². The number of fused-ring (bicyclic) bond motifs is 1. The molecule has 1 heterocycles. The molecule has 1 aliphatic heterocycles. The van der Waals surface area contributed by atoms with Crippen LogP contribution < -0.4 is 4.74 Å². The molecule has 0 aromatic heterocycles. The van der Waals surface area contributed by atoms with E-state index in [4.69, 9.17) is 9.73 Å². The third-order valence-electron chi connectivity index (χ3n) is 5.76. The zero-order valence-electron chi connectivity index (χ0n) is 16.7. The van der Waals surface area contributed by atoms with Crippen LogP contribution in [0.2, 0.25) is 0 Å². The second-order valence-corrected chi connectivity index (χ2v) is 8.49. The van der Waals surface area contributed by atoms with Crippen molar-refractivity contribution < 1.29 is 9.53 Å². The third-order valence-corrected chi connectivity index (χ3v) is 5.76. The smallest absolute Gasteiger partial charge is 0.141 e. The highest BCUT2D eigenvalue weighted by Crippen LogP contribution is 2.34. The van der Waals surface area contributed by atoms with Gasteiger partial charge in [-0.2, -0.15) is 4.91 Å². The molecule has 1 aromatic rings. The summed E-state index contributed by atoms with van der Waals surface area (Å²) >= 11 is 0. The summed E-state index contributed by atoms with van der Waals surface area (Å²) in [6.07, 6.45) is 7.95. The first-order valence-corrected chi connectivity index (χ1v) is 10.0. The summed E-state index contributed by atoms with van der Waals surface area (Å²) in [5, 5.41) is 3.03. The number of rotatable bonds is 6. The zero-order chi connectivity index (χ0) is 19.4. The van der Waals surface area contributed by atoms with Crippen molar-refractivity contribution in [1.29, 1.82) is 0 Å². The highest BCUT2D eigenvalue weighted by atomic mass is 16.5. The quantitative estimate of drug-likeness (QED) is 0.522. The van der Waals surface area contributed by atoms with Crippen LogP contribution in [-0.4, -0.2) is 24.1 Å². The fourth-order valence-electron chi connectivity index (χ4n) is 4.44. The van der Waals surface area contributed by atoms with Crippen LogP contribution in [0, 0.1) is 10.8 Å². The highest BCUT2D eigenvalue weighted by molar-refractivity contribution is 6.13. The van der Waals surface area contributed by atoms with Gasteiger partial charge in [-0.1, -0.05) is 30.9 Å². The molecule has 0 atom stereocenters. The predicted molar refractivity (Wildman–Crippen MR) is 108 cm³/mol. The van der Waals surface area contributed by atoms with Gasteiger partial charge in [0.15, 0.2) is 0 Å². The largest absolute Gasteiger partial charge is 0.496 e. The minimum Gasteiger partial charge on any atom is -0.496 e. The molecule has 0 radical (unpaired) electrons. The van der Waals surface area contributed by atoms with Gasteiger partial charge in [-0.05, 0) is 56.4 Å². The Labute approximate surface area is 161 Å². The lowest BCUT2D eigenvalue weighted by Crippen LogP contribution is -2.31. The number of benzene rings is 1. The monoisotopic (exact) mass is 370 g/mol. The maximum Gasteiger partial charge on any atom is 0.141 e. The molecule has 27 heavy (non-hydrogen) atoms. The first kappa shape index (κ1) is 19.7. The average Bonchev–Trinajstić information content (AvgIpc) is 2.90. The van der Waals surface area contributed by atoms with Gasteiger partial charge in [0.25, 0.3) is 0 Å². The van der Waals surface area contributed by atoms with Crippen molar-refractivity contribution in [2.75, 3.05) is 7.11 Å². The standard InChI is InChI=1S/C22H30N2O3/c1-22(2)13-16-11-21(27-3)17(14-23-26)10-18(16)19(24-22)12-20(25)15-8-6-4-5-7-9-15/h10-11,15H,4-9,12-14H2,1-3H3. The molecule has 0 unspecified atom stereocenters. The summed E-state index contributed by atoms with van der Waals surface area (Å²) in [5.74, 6) is 1.16. The number of hydrogen-bond acceptors (Lipinski definition) is 5. The van der Waals surface area contributed by atoms with E-state index >= 15 is 0 Å². The Kier molecular flexibility index (Phi) is 6.08. The van der Waals surface area contributed by atoms with Crippen LogP contribution in [0.25, 0.3) is 0 Å². The number of nitroso groups, excluding NO2 is 1. The molecule has 2 aliphatic rings. The van der Waals surface area contributed by atoms with Gasteiger partial charge in [-0.15, -0.1) is 0 Å². The maximum absolute atomic E-state index is 13.0. The number of ketones is 1. The van der Waals surface area contributed by atoms with E-state index < -0.39 is 0 Å². The molecule has 0 bridgehead atoms. The Bertz CT molecular complexity index is 744. The van der Waals surface area contributed by atoms with E-state index in [0.29, 0.717) is 18.0 Å². The molecular formula is C22H30N2O3. The van der Waals surface area contributed by atoms with Gasteiger partial charge >= 0.3 is 0 Å². The molecular weight excluding hydrogens is 340 g/mol. The fraction of sp³-hybridized carbons (Fsp3) is 0.636. The predicted octanol–water partition coefficient (Wildman–Crippen LogP) is 5.02. The third kappa shape index (κ3) is 4.63. The number of methoxy groups -OCH3 is 1. The van der Waals surface area contributed by atoms with Crippen molar-refractivity contribution in [3.05, 3.63) is 33.7 Å². The summed E-state index contributed by atoms with van der Waals surface area (Å²) < 4.78 is 5.45. The molecule has 0 saturated heterocycles. The zero-order valence-corrected chi connectivity index (χ0v) is 16.7. The van der Waals surface area contributed by atoms with Gasteiger partial charge in [0.1, 0.15) is 18.1 Å². The Morgan fingerprint density at radius 3 is 2.56 bits per heavy atom. The van der Waals surface area contributed by atoms with E-state index in [2.05, 4.69) is 19.0 Å². The second-order valence-electron chi connectivity index (χ2n) is 8.49. The lowest BCUT2D eigenvalue weighted by atomic mass is 9.83. The number of ether oxygens (including phenoxy) is 1. The average molecular weight is 370 g/mol. The van der Waals surface area contributed by atoms with Gasteiger partial charge in [-0.3, -0.25) is 9.79 Å². The van der Waals surface area contributed by atoms with Crippen LogP contribution in [0.1, 0.15) is 75.5 Å². The van der Waals surface area contributed by atoms with E-state index in [0.717, 1.165) is 54.5 Å². The van der Waals surface area contributed by atoms with Crippen molar-refractivity contribution in [3.63, 3.8) is 0 Å². The lowest BCUT2D eigenvalue weighted by molar-refractivity contribution is -0.122. The minimum absolute atomic E-state index is 0.0592. The number of carbonyl (C=O) groups excluding carboxylic acids is 1. The van der Waals surface area contributed by atoms with Crippen LogP contribution in [0.5, 0.6) is 5.75 Å². The van der Waals surface area contributed by atoms with Crippen LogP contribution in [-0.2, 0) is 17.8 Å². The summed E-state index contributed by atoms with van der Waals surface area (Å²) in [7, 11) is 1.61. The number of carbonyl (C=O) groups is 1. The molecule has 1 saturated carbocycles. The Morgan fingerprint density at radius 2 is 1.93 bits per heavy atom. The van der Waals surface area contributed by atoms with Gasteiger partial charge in [-0.25, -0.2) is 0 Å². The van der Waals surface area contributed by atoms with Crippen LogP contribution in [0.15, 0.2) is 22.3 Å². The van der Waals surface area contributed by atoms with Crippen molar-refractivity contribution >= 4 is 11.5 Å². The number of aliphatic imine (C=N–C) groups is 1. The van der Waals surface area contributed by atoms with Crippen LogP contribution in [0.3, 0.4) is 0 Å². The van der Waals surface area contributed by atoms with Gasteiger partial charge < -0.3 is 4.74 Å². The molecule has 5 heteroatoms. The van der Waals surface area contributed by atoms with Crippen LogP contribution in [0.4, 0.5) is 0 Å². The summed E-state index contributed by atoms with van der Waals surface area (Å²) in [5.41, 5.74) is 3.47. The maximum atomic E-state index is 13.0. The number of nitrogens with zero attached hydrogens (tertiary/aromatic N) is 2. The molecule has 0 amide bonds. The molecule has 1 aliphatic carbocycles. The number of hydrogen-bond donors (Lipinski definition) is 0. The summed E-state index contributed by atoms with van der Waals surface area (Å²) in [6, 6.07) is 3.94. The van der Waals surface area contributed by atoms with E-state index in [1.807, 2.05) is 12.1 Å². The Balaban J connectivity index is 1.92. The second kappa shape index (κ2) is 8.32. The van der Waals surface area contributed by atoms with E-state index in [-0.39, 0.29) is 18.0 Å². The van der Waals surface area contributed by atoms with E-state index in [9.17, 15) is 9.70 Å². The fourth-order valence-corrected chi connectivity index (χ4v) is 4.44. The lowest BCUT2D eigenvalue weighted by Gasteiger charge is -2.30. The SMILES string of the molecule is COc1cc2c(cc1CN=O)C(CC(=O)C1CCCCCC1)=NC(C)(C)C2. The van der Waals surface area contributed by atoms with Gasteiger partial charge in [0.2, 0.25) is 0 Å². The number of Topliss-reactive ketones (excluding diaryl/α,β-unsaturated/α-hetero) is 1. The molecule has 1 aromatic carbocycles. The van der Waals surface area contributed by atoms with Crippen molar-refractivity contribution in [3.8, 4) is 5.75 Å². The normalized spacial score (nSPS) is 19.6. The van der Waals surface area contributed by atoms with E-state index in [1.54, 1.807) is 7.11 Å². The van der Waals surface area contributed by atoms with Crippen LogP contribution >= 0.6 is 0 Å². The van der Waals surface area contributed by atoms with Gasteiger partial charge in [0.05, 0.1) is 18.4 Å². The van der Waals surface area contributed by atoms with Crippen molar-refractivity contribution in [2.24, 2.45) is 16.1 Å². The molecule has 5 nitrogen and oxygen atoms in total. The van der Waals surface area contributed by atoms with Crippen molar-refractivity contribution in [1.82, 2.24) is 0 Å². The molecule has 1 fully saturated rings. The van der Waals surface area contributed by atoms with Gasteiger partial charge in [0, 0.05) is 17.9 Å². The summed E-state index contributed by atoms with van der Waals surface area (Å²) in [6.45, 7) is 4.25. The molecule has 0 spiro atoms. The molecule has 3 rings (SSSR count). The first-order chi connectivity index (χ1) is 12.9. The minimum atomic E-state index is -0.249. The first-order valence-electron chi connectivity index (χ1n) is 10.0. The summed E-state index contributed by atoms with van der Waals surface area (Å²) in [4.78, 5) is 28.7. The Hall–Kier alpha value is -2.04. The van der Waals surface area contributed by atoms with Crippen molar-refractivity contribution in [2.45, 2.75) is 77.3 Å². The topological polar surface area (TPSA) is 68.1 Å².